The maximum Gasteiger partial charge on any atom is 0.124 e. The molecule has 0 aromatic heterocycles. The third-order valence-corrected chi connectivity index (χ3v) is 6.09. The first-order valence-corrected chi connectivity index (χ1v) is 14.9. The largest absolute Gasteiger partial charge is 0.507 e. The molecule has 230 valence electrons. The minimum atomic E-state index is 0.238. The summed E-state index contributed by atoms with van der Waals surface area (Å²) in [5.74, 6) is 44.0. The summed E-state index contributed by atoms with van der Waals surface area (Å²) < 4.78 is 0. The number of likely N-dealkylation sites (N-methyl/N-ethyl adjacent to an activating group) is 1. The number of aromatic hydroxyl groups is 2. The average molecular weight is 607 g/mol. The van der Waals surface area contributed by atoms with Crippen LogP contribution in [0.3, 0.4) is 0 Å². The average Bonchev–Trinajstić information content (AvgIpc) is 3.05. The number of aryl methyl sites for hydroxylation is 1. The van der Waals surface area contributed by atoms with Crippen molar-refractivity contribution in [1.82, 2.24) is 21.3 Å². The summed E-state index contributed by atoms with van der Waals surface area (Å²) in [6, 6.07) is 7.41. The van der Waals surface area contributed by atoms with Crippen molar-refractivity contribution in [1.29, 1.82) is 0 Å². The molecule has 6 heteroatoms. The number of nitrogens with one attached hydrogen (secondary N) is 4. The topological polar surface area (TPSA) is 88.6 Å². The Morgan fingerprint density at radius 1 is 0.500 bits per heavy atom. The molecule has 6 N–H and O–H groups in total. The summed E-state index contributed by atoms with van der Waals surface area (Å²) in [4.78, 5) is 0. The van der Waals surface area contributed by atoms with Gasteiger partial charge in [0.05, 0.1) is 0 Å². The number of phenolic OH excluding ortho intramolecular Hbond substituents is 2. The summed E-state index contributed by atoms with van der Waals surface area (Å²) in [7, 11) is 0. The molecule has 0 saturated carbocycles. The van der Waals surface area contributed by atoms with E-state index in [0.717, 1.165) is 53.0 Å². The van der Waals surface area contributed by atoms with Crippen LogP contribution in [-0.4, -0.2) is 42.9 Å². The molecule has 2 aromatic rings. The molecule has 0 fully saturated rings. The summed E-state index contributed by atoms with van der Waals surface area (Å²) in [6.07, 6.45) is 0. The lowest BCUT2D eigenvalue weighted by Crippen LogP contribution is -2.27. The standard InChI is InChI=1S/C40H38N4O2/c1-5-8-10-12-14-16-18-20-34-26-33(4)39(45)36(27-34)30-43-24-25-44-32-38-29-35(21-19-17-15-13-11-9-6-2)28-37(40(38)46)31-42-23-22-41-7-3/h26-29,41-46H,7,22-25,30-32H2,1-4H3. The van der Waals surface area contributed by atoms with Crippen LogP contribution < -0.4 is 21.3 Å². The molecule has 0 heterocycles. The lowest BCUT2D eigenvalue weighted by molar-refractivity contribution is 0.452. The fourth-order valence-corrected chi connectivity index (χ4v) is 3.94. The smallest absolute Gasteiger partial charge is 0.124 e. The van der Waals surface area contributed by atoms with E-state index < -0.39 is 0 Å². The summed E-state index contributed by atoms with van der Waals surface area (Å²) in [5, 5.41) is 34.9. The van der Waals surface area contributed by atoms with Crippen molar-refractivity contribution in [3.8, 4) is 106 Å². The molecule has 46 heavy (non-hydrogen) atoms. The van der Waals surface area contributed by atoms with Gasteiger partial charge in [0.15, 0.2) is 0 Å². The van der Waals surface area contributed by atoms with E-state index in [0.29, 0.717) is 32.7 Å². The molecule has 0 spiro atoms. The third-order valence-electron chi connectivity index (χ3n) is 6.09. The first-order chi connectivity index (χ1) is 22.5. The van der Waals surface area contributed by atoms with Gasteiger partial charge in [0.25, 0.3) is 0 Å². The Labute approximate surface area is 274 Å². The summed E-state index contributed by atoms with van der Waals surface area (Å²) in [6.45, 7) is 12.5. The minimum absolute atomic E-state index is 0.238. The monoisotopic (exact) mass is 606 g/mol. The van der Waals surface area contributed by atoms with Crippen LogP contribution in [0.1, 0.15) is 54.2 Å². The molecular weight excluding hydrogens is 568 g/mol. The van der Waals surface area contributed by atoms with E-state index >= 15 is 0 Å². The molecule has 0 aliphatic rings. The zero-order valence-corrected chi connectivity index (χ0v) is 26.9. The van der Waals surface area contributed by atoms with Gasteiger partial charge in [-0.2, -0.15) is 0 Å². The lowest BCUT2D eigenvalue weighted by Gasteiger charge is -2.14. The molecule has 0 aliphatic heterocycles. The Bertz CT molecular complexity index is 1870. The van der Waals surface area contributed by atoms with Crippen LogP contribution in [0.15, 0.2) is 24.3 Å². The van der Waals surface area contributed by atoms with Crippen molar-refractivity contribution in [3.05, 3.63) is 57.6 Å². The van der Waals surface area contributed by atoms with Crippen molar-refractivity contribution in [2.24, 2.45) is 0 Å². The van der Waals surface area contributed by atoms with E-state index in [1.165, 1.54) is 0 Å². The highest BCUT2D eigenvalue weighted by molar-refractivity contribution is 5.52. The van der Waals surface area contributed by atoms with Crippen LogP contribution >= 0.6 is 0 Å². The van der Waals surface area contributed by atoms with Crippen LogP contribution in [0, 0.1) is 102 Å². The van der Waals surface area contributed by atoms with Gasteiger partial charge in [-0.05, 0) is 128 Å². The van der Waals surface area contributed by atoms with Gasteiger partial charge in [-0.1, -0.05) is 30.6 Å². The molecule has 2 rings (SSSR count). The van der Waals surface area contributed by atoms with E-state index in [9.17, 15) is 10.2 Å². The summed E-state index contributed by atoms with van der Waals surface area (Å²) in [5.41, 5.74) is 4.51. The number of hydrogen-bond donors (Lipinski definition) is 6. The Morgan fingerprint density at radius 3 is 1.30 bits per heavy atom. The highest BCUT2D eigenvalue weighted by Crippen LogP contribution is 2.25. The van der Waals surface area contributed by atoms with Crippen LogP contribution in [0.4, 0.5) is 0 Å². The molecule has 0 bridgehead atoms. The number of benzene rings is 2. The van der Waals surface area contributed by atoms with Crippen molar-refractivity contribution >= 4 is 0 Å². The van der Waals surface area contributed by atoms with E-state index in [2.05, 4.69) is 123 Å². The SMILES string of the molecule is CC#CC#CC#CC#Cc1cc(C)c(O)c(CNCCNCc2cc(C#CC#CC#CC#CC)cc(CNCCNCC)c2O)c1. The first-order valence-electron chi connectivity index (χ1n) is 14.9. The fraction of sp³-hybridized carbons (Fsp3) is 0.300. The quantitative estimate of drug-likeness (QED) is 0.155. The molecular formula is C40H38N4O2. The predicted octanol–water partition coefficient (Wildman–Crippen LogP) is 2.75. The van der Waals surface area contributed by atoms with E-state index in [-0.39, 0.29) is 11.5 Å². The second-order valence-corrected chi connectivity index (χ2v) is 9.58. The zero-order valence-electron chi connectivity index (χ0n) is 26.9. The predicted molar refractivity (Wildman–Crippen MR) is 186 cm³/mol. The molecule has 0 saturated heterocycles. The van der Waals surface area contributed by atoms with Crippen LogP contribution in [0.5, 0.6) is 11.5 Å². The van der Waals surface area contributed by atoms with E-state index in [1.54, 1.807) is 13.8 Å². The van der Waals surface area contributed by atoms with E-state index in [1.807, 2.05) is 31.2 Å². The van der Waals surface area contributed by atoms with Crippen LogP contribution in [0.2, 0.25) is 0 Å². The maximum absolute atomic E-state index is 11.0. The fourth-order valence-electron chi connectivity index (χ4n) is 3.94. The van der Waals surface area contributed by atoms with Gasteiger partial charge in [0, 0.05) is 73.6 Å². The van der Waals surface area contributed by atoms with Gasteiger partial charge in [-0.25, -0.2) is 0 Å². The molecule has 6 nitrogen and oxygen atoms in total. The zero-order chi connectivity index (χ0) is 33.2. The number of hydrogen-bond acceptors (Lipinski definition) is 6. The van der Waals surface area contributed by atoms with E-state index in [4.69, 9.17) is 0 Å². The Kier molecular flexibility index (Phi) is 18.1. The maximum atomic E-state index is 11.0. The van der Waals surface area contributed by atoms with Gasteiger partial charge < -0.3 is 31.5 Å². The highest BCUT2D eigenvalue weighted by atomic mass is 16.3. The number of phenols is 2. The Balaban J connectivity index is 2.02. The van der Waals surface area contributed by atoms with Gasteiger partial charge in [-0.3, -0.25) is 0 Å². The molecule has 0 radical (unpaired) electrons. The van der Waals surface area contributed by atoms with Gasteiger partial charge in [-0.15, -0.1) is 0 Å². The Morgan fingerprint density at radius 2 is 0.870 bits per heavy atom. The molecule has 0 amide bonds. The van der Waals surface area contributed by atoms with Crippen molar-refractivity contribution in [2.75, 3.05) is 32.7 Å². The van der Waals surface area contributed by atoms with Gasteiger partial charge >= 0.3 is 0 Å². The third kappa shape index (κ3) is 14.7. The van der Waals surface area contributed by atoms with Gasteiger partial charge in [0.1, 0.15) is 11.5 Å². The second kappa shape index (κ2) is 22.8. The summed E-state index contributed by atoms with van der Waals surface area (Å²) >= 11 is 0. The van der Waals surface area contributed by atoms with Crippen LogP contribution in [0.25, 0.3) is 0 Å². The lowest BCUT2D eigenvalue weighted by atomic mass is 10.0. The number of rotatable bonds is 13. The van der Waals surface area contributed by atoms with Crippen molar-refractivity contribution in [3.63, 3.8) is 0 Å². The molecule has 0 atom stereocenters. The van der Waals surface area contributed by atoms with Crippen LogP contribution in [-0.2, 0) is 19.6 Å². The molecule has 0 aliphatic carbocycles. The minimum Gasteiger partial charge on any atom is -0.507 e. The normalized spacial score (nSPS) is 8.70. The molecule has 2 aromatic carbocycles. The second-order valence-electron chi connectivity index (χ2n) is 9.58. The Hall–Kier alpha value is -5.64. The van der Waals surface area contributed by atoms with Crippen molar-refractivity contribution in [2.45, 2.75) is 47.3 Å². The van der Waals surface area contributed by atoms with Crippen molar-refractivity contribution < 1.29 is 10.2 Å². The van der Waals surface area contributed by atoms with Gasteiger partial charge in [0.2, 0.25) is 0 Å². The first kappa shape index (κ1) is 36.6. The molecule has 0 unspecified atom stereocenters. The highest BCUT2D eigenvalue weighted by Gasteiger charge is 2.10.